The van der Waals surface area contributed by atoms with E-state index in [4.69, 9.17) is 0 Å². The summed E-state index contributed by atoms with van der Waals surface area (Å²) in [5.41, 5.74) is 0.557. The Morgan fingerprint density at radius 2 is 1.82 bits per heavy atom. The Labute approximate surface area is 131 Å². The van der Waals surface area contributed by atoms with Crippen LogP contribution in [0.2, 0.25) is 0 Å². The van der Waals surface area contributed by atoms with Crippen LogP contribution in [0.25, 0.3) is 0 Å². The molecule has 1 heterocycles. The first-order valence-corrected chi connectivity index (χ1v) is 9.00. The molecular weight excluding hydrogens is 322 g/mol. The van der Waals surface area contributed by atoms with Gasteiger partial charge in [-0.1, -0.05) is 30.0 Å². The second kappa shape index (κ2) is 5.90. The highest BCUT2D eigenvalue weighted by molar-refractivity contribution is 8.25. The molecule has 2 aromatic carbocycles. The lowest BCUT2D eigenvalue weighted by atomic mass is 10.3. The third-order valence-electron chi connectivity index (χ3n) is 2.97. The van der Waals surface area contributed by atoms with Gasteiger partial charge in [0.15, 0.2) is 5.17 Å². The number of amidine groups is 1. The van der Waals surface area contributed by atoms with Crippen molar-refractivity contribution < 1.29 is 9.13 Å². The van der Waals surface area contributed by atoms with Crippen molar-refractivity contribution in [2.45, 2.75) is 4.90 Å². The predicted octanol–water partition coefficient (Wildman–Crippen LogP) is 3.81. The number of nitrogens with zero attached hydrogens (tertiary/aromatic N) is 3. The fraction of sp³-hybridized carbons (Fsp3) is 0.0714. The number of rotatable bonds is 3. The Morgan fingerprint density at radius 1 is 1.14 bits per heavy atom. The van der Waals surface area contributed by atoms with Crippen LogP contribution in [0, 0.1) is 10.1 Å². The summed E-state index contributed by atoms with van der Waals surface area (Å²) < 4.78 is 17.0. The molecule has 0 saturated heterocycles. The van der Waals surface area contributed by atoms with Crippen molar-refractivity contribution >= 4 is 38.0 Å². The minimum Gasteiger partial charge on any atom is -0.258 e. The molecule has 0 saturated carbocycles. The topological polar surface area (TPSA) is 84.9 Å². The second-order valence-corrected chi connectivity index (χ2v) is 8.01. The third-order valence-corrected chi connectivity index (χ3v) is 6.75. The van der Waals surface area contributed by atoms with Crippen LogP contribution in [-0.4, -0.2) is 19.4 Å². The minimum absolute atomic E-state index is 0.00745. The number of aliphatic imine (C=N–C) groups is 1. The maximum absolute atomic E-state index is 12.8. The monoisotopic (exact) mass is 333 g/mol. The molecule has 2 aromatic rings. The summed E-state index contributed by atoms with van der Waals surface area (Å²) in [7, 11) is -2.47. The Kier molecular flexibility index (Phi) is 3.95. The average Bonchev–Trinajstić information content (AvgIpc) is 2.91. The molecule has 0 bridgehead atoms. The minimum atomic E-state index is -2.47. The number of non-ortho nitro benzene ring substituents is 1. The van der Waals surface area contributed by atoms with Gasteiger partial charge in [-0.3, -0.25) is 10.1 Å². The molecule has 0 spiro atoms. The molecule has 8 heteroatoms. The van der Waals surface area contributed by atoms with Gasteiger partial charge in [0.25, 0.3) is 5.69 Å². The van der Waals surface area contributed by atoms with Crippen LogP contribution in [0.4, 0.5) is 11.4 Å². The number of hydrogen-bond acceptors (Lipinski definition) is 5. The van der Waals surface area contributed by atoms with Gasteiger partial charge in [-0.2, -0.15) is 4.36 Å². The molecule has 1 aliphatic rings. The van der Waals surface area contributed by atoms with Crippen LogP contribution >= 0.6 is 11.8 Å². The molecule has 0 aliphatic carbocycles. The summed E-state index contributed by atoms with van der Waals surface area (Å²) >= 11 is 1.32. The molecular formula is C14H11N3O3S2. The first-order valence-electron chi connectivity index (χ1n) is 6.33. The molecule has 112 valence electrons. The van der Waals surface area contributed by atoms with E-state index in [0.29, 0.717) is 20.8 Å². The van der Waals surface area contributed by atoms with Gasteiger partial charge in [0.2, 0.25) is 0 Å². The van der Waals surface area contributed by atoms with Gasteiger partial charge >= 0.3 is 0 Å². The molecule has 6 nitrogen and oxygen atoms in total. The van der Waals surface area contributed by atoms with Crippen molar-refractivity contribution in [1.82, 2.24) is 0 Å². The van der Waals surface area contributed by atoms with Crippen molar-refractivity contribution in [3.63, 3.8) is 0 Å². The Hall–Kier alpha value is -2.19. The van der Waals surface area contributed by atoms with E-state index in [0.717, 1.165) is 0 Å². The molecule has 0 N–H and O–H groups in total. The lowest BCUT2D eigenvalue weighted by Gasteiger charge is -2.00. The Bertz CT molecular complexity index is 855. The lowest BCUT2D eigenvalue weighted by molar-refractivity contribution is -0.384. The van der Waals surface area contributed by atoms with Crippen molar-refractivity contribution in [2.24, 2.45) is 9.36 Å². The Balaban J connectivity index is 1.91. The predicted molar refractivity (Wildman–Crippen MR) is 87.9 cm³/mol. The molecule has 1 atom stereocenters. The lowest BCUT2D eigenvalue weighted by Crippen LogP contribution is -1.98. The fourth-order valence-corrected chi connectivity index (χ4v) is 5.42. The standard InChI is InChI=1S/C14H11N3O3S2/c18-17(19)12-8-6-11(7-9-12)15-14-16-22(20,10-21-14)13-4-2-1-3-5-13/h1-9H,10H2. The van der Waals surface area contributed by atoms with E-state index >= 15 is 0 Å². The molecule has 3 rings (SSSR count). The zero-order valence-corrected chi connectivity index (χ0v) is 12.9. The summed E-state index contributed by atoms with van der Waals surface area (Å²) in [6.07, 6.45) is 0. The molecule has 0 radical (unpaired) electrons. The van der Waals surface area contributed by atoms with E-state index in [1.807, 2.05) is 18.2 Å². The number of hydrogen-bond donors (Lipinski definition) is 0. The second-order valence-electron chi connectivity index (χ2n) is 4.47. The van der Waals surface area contributed by atoms with Crippen LogP contribution < -0.4 is 0 Å². The van der Waals surface area contributed by atoms with Crippen molar-refractivity contribution in [2.75, 3.05) is 5.08 Å². The van der Waals surface area contributed by atoms with E-state index in [9.17, 15) is 14.3 Å². The molecule has 0 fully saturated rings. The van der Waals surface area contributed by atoms with E-state index < -0.39 is 14.7 Å². The Morgan fingerprint density at radius 3 is 2.45 bits per heavy atom. The smallest absolute Gasteiger partial charge is 0.258 e. The quantitative estimate of drug-likeness (QED) is 0.631. The number of nitro benzene ring substituents is 1. The maximum Gasteiger partial charge on any atom is 0.269 e. The van der Waals surface area contributed by atoms with Crippen molar-refractivity contribution in [1.29, 1.82) is 0 Å². The number of thioether (sulfide) groups is 1. The SMILES string of the molecule is O=[N+]([O-])c1ccc(N=C2N=S(=O)(c3ccccc3)CS2)cc1. The van der Waals surface area contributed by atoms with Gasteiger partial charge in [-0.25, -0.2) is 9.20 Å². The summed E-state index contributed by atoms with van der Waals surface area (Å²) in [5.74, 6) is 0. The maximum atomic E-state index is 12.8. The van der Waals surface area contributed by atoms with Gasteiger partial charge < -0.3 is 0 Å². The van der Waals surface area contributed by atoms with Crippen LogP contribution in [0.1, 0.15) is 0 Å². The number of nitro groups is 1. The van der Waals surface area contributed by atoms with Crippen LogP contribution in [0.3, 0.4) is 0 Å². The van der Waals surface area contributed by atoms with E-state index in [1.54, 1.807) is 24.3 Å². The zero-order chi connectivity index (χ0) is 15.6. The van der Waals surface area contributed by atoms with Crippen LogP contribution in [-0.2, 0) is 9.73 Å². The molecule has 1 unspecified atom stereocenters. The summed E-state index contributed by atoms with van der Waals surface area (Å²) in [5, 5.41) is 11.4. The van der Waals surface area contributed by atoms with Crippen molar-refractivity contribution in [3.05, 3.63) is 64.7 Å². The van der Waals surface area contributed by atoms with Gasteiger partial charge in [0.1, 0.15) is 0 Å². The van der Waals surface area contributed by atoms with Gasteiger partial charge in [-0.15, -0.1) is 0 Å². The van der Waals surface area contributed by atoms with E-state index in [2.05, 4.69) is 9.36 Å². The highest BCUT2D eigenvalue weighted by Crippen LogP contribution is 2.30. The average molecular weight is 333 g/mol. The summed E-state index contributed by atoms with van der Waals surface area (Å²) in [6.45, 7) is 0. The largest absolute Gasteiger partial charge is 0.269 e. The third kappa shape index (κ3) is 3.02. The highest BCUT2D eigenvalue weighted by atomic mass is 32.3. The fourth-order valence-electron chi connectivity index (χ4n) is 1.88. The van der Waals surface area contributed by atoms with E-state index in [1.165, 1.54) is 23.9 Å². The summed E-state index contributed by atoms with van der Waals surface area (Å²) in [6, 6.07) is 15.0. The number of benzene rings is 2. The molecule has 0 amide bonds. The van der Waals surface area contributed by atoms with E-state index in [-0.39, 0.29) is 5.69 Å². The zero-order valence-electron chi connectivity index (χ0n) is 11.3. The first kappa shape index (κ1) is 14.7. The molecule has 22 heavy (non-hydrogen) atoms. The summed E-state index contributed by atoms with van der Waals surface area (Å²) in [4.78, 5) is 15.1. The van der Waals surface area contributed by atoms with Crippen LogP contribution in [0.15, 0.2) is 68.8 Å². The van der Waals surface area contributed by atoms with Gasteiger partial charge in [0.05, 0.1) is 25.4 Å². The first-order chi connectivity index (χ1) is 10.6. The van der Waals surface area contributed by atoms with Crippen molar-refractivity contribution in [3.8, 4) is 0 Å². The highest BCUT2D eigenvalue weighted by Gasteiger charge is 2.22. The van der Waals surface area contributed by atoms with Gasteiger partial charge in [0, 0.05) is 17.0 Å². The normalized spacial score (nSPS) is 22.5. The molecule has 1 aliphatic heterocycles. The molecule has 0 aromatic heterocycles. The van der Waals surface area contributed by atoms with Crippen LogP contribution in [0.5, 0.6) is 0 Å². The van der Waals surface area contributed by atoms with Gasteiger partial charge in [-0.05, 0) is 24.3 Å².